The molecule has 0 bridgehead atoms. The fraction of sp³-hybridized carbons (Fsp3) is 0.805. The first-order valence-electron chi connectivity index (χ1n) is 18.7. The Labute approximate surface area is 274 Å². The molecule has 0 aliphatic heterocycles. The summed E-state index contributed by atoms with van der Waals surface area (Å²) in [5.74, 6) is 3.41. The number of hydrogen-bond donors (Lipinski definition) is 0. The third-order valence-electron chi connectivity index (χ3n) is 15.6. The van der Waals surface area contributed by atoms with Gasteiger partial charge in [-0.2, -0.15) is 0 Å². The van der Waals surface area contributed by atoms with Crippen molar-refractivity contribution in [3.8, 4) is 0 Å². The van der Waals surface area contributed by atoms with Crippen LogP contribution in [0.3, 0.4) is 0 Å². The molecule has 4 nitrogen and oxygen atoms in total. The third-order valence-corrected chi connectivity index (χ3v) is 15.6. The SMILES string of the molecule is CCCC(=O)O[C@H]1CC[C@]2(C)[C@H]3CCC4[C@@H]5[C@H](C(C)C)CC[C@]5(C(=O)OCc5ccccc5)CC[C@@]4(C)[C@]3(C)CC[C@H]2C1(C)C. The summed E-state index contributed by atoms with van der Waals surface area (Å²) in [6.07, 6.45) is 12.7. The zero-order chi connectivity index (χ0) is 32.4. The Kier molecular flexibility index (Phi) is 8.59. The molecule has 1 unspecified atom stereocenters. The molecule has 5 saturated carbocycles. The first kappa shape index (κ1) is 33.1. The molecule has 1 aromatic rings. The highest BCUT2D eigenvalue weighted by atomic mass is 16.5. The Bertz CT molecular complexity index is 1250. The molecule has 0 heterocycles. The number of benzene rings is 1. The summed E-state index contributed by atoms with van der Waals surface area (Å²) >= 11 is 0. The van der Waals surface area contributed by atoms with Crippen LogP contribution in [0.4, 0.5) is 0 Å². The van der Waals surface area contributed by atoms with E-state index < -0.39 is 0 Å². The van der Waals surface area contributed by atoms with Crippen molar-refractivity contribution in [3.05, 3.63) is 35.9 Å². The number of fused-ring (bicyclic) bond motifs is 7. The molecule has 0 spiro atoms. The predicted molar refractivity (Wildman–Crippen MR) is 180 cm³/mol. The molecule has 250 valence electrons. The molecule has 5 aliphatic rings. The average molecular weight is 619 g/mol. The summed E-state index contributed by atoms with van der Waals surface area (Å²) in [7, 11) is 0. The van der Waals surface area contributed by atoms with Crippen molar-refractivity contribution in [1.29, 1.82) is 0 Å². The van der Waals surface area contributed by atoms with Gasteiger partial charge < -0.3 is 9.47 Å². The van der Waals surface area contributed by atoms with Crippen LogP contribution in [0.25, 0.3) is 0 Å². The largest absolute Gasteiger partial charge is 0.462 e. The minimum Gasteiger partial charge on any atom is -0.462 e. The van der Waals surface area contributed by atoms with Crippen molar-refractivity contribution in [2.24, 2.45) is 62.6 Å². The van der Waals surface area contributed by atoms with Crippen molar-refractivity contribution in [3.63, 3.8) is 0 Å². The van der Waals surface area contributed by atoms with E-state index in [-0.39, 0.29) is 45.1 Å². The van der Waals surface area contributed by atoms with Crippen LogP contribution in [0.15, 0.2) is 30.3 Å². The molecular formula is C41H62O4. The highest BCUT2D eigenvalue weighted by Gasteiger charge is 2.72. The third kappa shape index (κ3) is 4.95. The van der Waals surface area contributed by atoms with Gasteiger partial charge in [0.1, 0.15) is 12.7 Å². The summed E-state index contributed by atoms with van der Waals surface area (Å²) < 4.78 is 12.4. The van der Waals surface area contributed by atoms with Crippen LogP contribution in [-0.4, -0.2) is 18.0 Å². The summed E-state index contributed by atoms with van der Waals surface area (Å²) in [6, 6.07) is 10.2. The van der Waals surface area contributed by atoms with E-state index in [1.54, 1.807) is 0 Å². The van der Waals surface area contributed by atoms with E-state index >= 15 is 0 Å². The van der Waals surface area contributed by atoms with Crippen LogP contribution in [0, 0.1) is 62.6 Å². The Morgan fingerprint density at radius 3 is 2.24 bits per heavy atom. The predicted octanol–water partition coefficient (Wildman–Crippen LogP) is 10.2. The van der Waals surface area contributed by atoms with Gasteiger partial charge in [0, 0.05) is 11.8 Å². The molecule has 5 fully saturated rings. The lowest BCUT2D eigenvalue weighted by Gasteiger charge is -2.72. The molecule has 4 heteroatoms. The molecule has 6 rings (SSSR count). The van der Waals surface area contributed by atoms with Gasteiger partial charge in [0.25, 0.3) is 0 Å². The normalized spacial score (nSPS) is 43.4. The maximum atomic E-state index is 14.3. The molecule has 0 radical (unpaired) electrons. The summed E-state index contributed by atoms with van der Waals surface area (Å²) in [5, 5.41) is 0. The fourth-order valence-corrected chi connectivity index (χ4v) is 13.2. The van der Waals surface area contributed by atoms with E-state index in [1.165, 1.54) is 25.7 Å². The lowest BCUT2D eigenvalue weighted by Crippen LogP contribution is -2.67. The van der Waals surface area contributed by atoms with Crippen molar-refractivity contribution in [1.82, 2.24) is 0 Å². The highest BCUT2D eigenvalue weighted by Crippen LogP contribution is 2.77. The molecule has 0 N–H and O–H groups in total. The van der Waals surface area contributed by atoms with Gasteiger partial charge in [-0.1, -0.05) is 85.7 Å². The maximum absolute atomic E-state index is 14.3. The number of ether oxygens (including phenoxy) is 2. The summed E-state index contributed by atoms with van der Waals surface area (Å²) in [4.78, 5) is 26.9. The molecule has 1 aromatic carbocycles. The topological polar surface area (TPSA) is 52.6 Å². The van der Waals surface area contributed by atoms with Gasteiger partial charge in [-0.3, -0.25) is 9.59 Å². The standard InChI is InChI=1S/C41H62O4/c1-9-13-34(42)45-33-20-21-38(6)31(37(33,4)5)19-22-40(8)32(38)17-16-30-35-29(27(2)3)18-23-41(35,25-24-39(30,40)7)36(43)44-26-28-14-11-10-12-15-28/h10-12,14-15,27,29-33,35H,9,13,16-26H2,1-8H3/t29-,30?,31-,32+,33-,35-,38-,39+,40+,41-/m0/s1. The van der Waals surface area contributed by atoms with E-state index in [9.17, 15) is 9.59 Å². The molecule has 0 saturated heterocycles. The van der Waals surface area contributed by atoms with Gasteiger partial charge in [0.2, 0.25) is 0 Å². The lowest BCUT2D eigenvalue weighted by molar-refractivity contribution is -0.252. The monoisotopic (exact) mass is 618 g/mol. The van der Waals surface area contributed by atoms with E-state index in [4.69, 9.17) is 9.47 Å². The molecule has 0 aromatic heterocycles. The minimum absolute atomic E-state index is 0.0166. The van der Waals surface area contributed by atoms with E-state index in [1.807, 2.05) is 18.2 Å². The van der Waals surface area contributed by atoms with Crippen LogP contribution < -0.4 is 0 Å². The number of carbonyl (C=O) groups excluding carboxylic acids is 2. The Morgan fingerprint density at radius 1 is 0.822 bits per heavy atom. The summed E-state index contributed by atoms with van der Waals surface area (Å²) in [5.41, 5.74) is 1.42. The lowest BCUT2D eigenvalue weighted by atomic mass is 9.32. The van der Waals surface area contributed by atoms with Gasteiger partial charge >= 0.3 is 11.9 Å². The molecule has 10 atom stereocenters. The molecule has 0 amide bonds. The van der Waals surface area contributed by atoms with Crippen LogP contribution in [0.2, 0.25) is 0 Å². The number of rotatable bonds is 7. The van der Waals surface area contributed by atoms with Crippen LogP contribution in [-0.2, 0) is 25.7 Å². The first-order valence-corrected chi connectivity index (χ1v) is 18.7. The van der Waals surface area contributed by atoms with Crippen molar-refractivity contribution >= 4 is 11.9 Å². The second-order valence-electron chi connectivity index (χ2n) is 17.9. The van der Waals surface area contributed by atoms with E-state index in [0.29, 0.717) is 48.5 Å². The van der Waals surface area contributed by atoms with Crippen molar-refractivity contribution < 1.29 is 19.1 Å². The van der Waals surface area contributed by atoms with Crippen molar-refractivity contribution in [2.75, 3.05) is 0 Å². The van der Waals surface area contributed by atoms with Gasteiger partial charge in [0.15, 0.2) is 0 Å². The molecular weight excluding hydrogens is 556 g/mol. The van der Waals surface area contributed by atoms with Gasteiger partial charge in [-0.05, 0) is 128 Å². The van der Waals surface area contributed by atoms with Gasteiger partial charge in [0.05, 0.1) is 5.41 Å². The van der Waals surface area contributed by atoms with E-state index in [2.05, 4.69) is 67.5 Å². The number of esters is 2. The fourth-order valence-electron chi connectivity index (χ4n) is 13.2. The maximum Gasteiger partial charge on any atom is 0.312 e. The quantitative estimate of drug-likeness (QED) is 0.285. The Balaban J connectivity index is 1.28. The highest BCUT2D eigenvalue weighted by molar-refractivity contribution is 5.78. The Hall–Kier alpha value is -1.84. The second-order valence-corrected chi connectivity index (χ2v) is 17.9. The Morgan fingerprint density at radius 2 is 1.56 bits per heavy atom. The number of carbonyl (C=O) groups is 2. The van der Waals surface area contributed by atoms with Crippen LogP contribution in [0.1, 0.15) is 138 Å². The van der Waals surface area contributed by atoms with Crippen LogP contribution in [0.5, 0.6) is 0 Å². The smallest absolute Gasteiger partial charge is 0.312 e. The van der Waals surface area contributed by atoms with Gasteiger partial charge in [-0.25, -0.2) is 0 Å². The van der Waals surface area contributed by atoms with Gasteiger partial charge in [-0.15, -0.1) is 0 Å². The molecule has 5 aliphatic carbocycles. The zero-order valence-electron chi connectivity index (χ0n) is 29.8. The zero-order valence-corrected chi connectivity index (χ0v) is 29.8. The summed E-state index contributed by atoms with van der Waals surface area (Å²) in [6.45, 7) is 20.0. The molecule has 45 heavy (non-hydrogen) atoms. The average Bonchev–Trinajstić information content (AvgIpc) is 3.40. The second kappa shape index (κ2) is 11.7. The van der Waals surface area contributed by atoms with Crippen LogP contribution >= 0.6 is 0 Å². The number of hydrogen-bond acceptors (Lipinski definition) is 4. The minimum atomic E-state index is -0.333. The first-order chi connectivity index (χ1) is 21.2. The van der Waals surface area contributed by atoms with Crippen molar-refractivity contribution in [2.45, 2.75) is 145 Å². The van der Waals surface area contributed by atoms with E-state index in [0.717, 1.165) is 50.5 Å².